The fourth-order valence-electron chi connectivity index (χ4n) is 1.42. The number of hydrogen-bond acceptors (Lipinski definition) is 4. The summed E-state index contributed by atoms with van der Waals surface area (Å²) < 4.78 is 22.7. The van der Waals surface area contributed by atoms with Crippen molar-refractivity contribution < 1.29 is 18.6 Å². The van der Waals surface area contributed by atoms with Crippen LogP contribution in [0.4, 0.5) is 0 Å². The van der Waals surface area contributed by atoms with Gasteiger partial charge in [0, 0.05) is 5.30 Å². The molecule has 1 aromatic rings. The summed E-state index contributed by atoms with van der Waals surface area (Å²) >= 11 is 0. The van der Waals surface area contributed by atoms with Crippen LogP contribution in [0.1, 0.15) is 13.8 Å². The average molecular weight is 256 g/mol. The molecule has 0 bridgehead atoms. The van der Waals surface area contributed by atoms with Crippen LogP contribution in [-0.2, 0) is 18.6 Å². The molecule has 0 aliphatic rings. The predicted octanol–water partition coefficient (Wildman–Crippen LogP) is 2.19. The lowest BCUT2D eigenvalue weighted by Crippen LogP contribution is -2.19. The highest BCUT2D eigenvalue weighted by Crippen LogP contribution is 2.46. The van der Waals surface area contributed by atoms with Crippen LogP contribution in [0.5, 0.6) is 0 Å². The summed E-state index contributed by atoms with van der Waals surface area (Å²) in [5, 5.41) is 0.541. The molecule has 1 aromatic carbocycles. The van der Waals surface area contributed by atoms with Gasteiger partial charge in [-0.15, -0.1) is 0 Å². The van der Waals surface area contributed by atoms with Crippen LogP contribution < -0.4 is 5.30 Å². The molecule has 1 unspecified atom stereocenters. The van der Waals surface area contributed by atoms with Crippen LogP contribution in [-0.4, -0.2) is 25.3 Å². The Kier molecular flexibility index (Phi) is 4.91. The van der Waals surface area contributed by atoms with E-state index in [1.807, 2.05) is 6.07 Å². The molecule has 0 aliphatic carbocycles. The van der Waals surface area contributed by atoms with E-state index in [9.17, 15) is 9.36 Å². The monoisotopic (exact) mass is 256 g/mol. The quantitative estimate of drug-likeness (QED) is 0.598. The Labute approximate surface area is 101 Å². The highest BCUT2D eigenvalue weighted by Gasteiger charge is 2.30. The largest absolute Gasteiger partial charge is 0.469 e. The number of ether oxygens (including phenoxy) is 1. The summed E-state index contributed by atoms with van der Waals surface area (Å²) in [6.07, 6.45) is -0.447. The molecule has 0 heterocycles. The van der Waals surface area contributed by atoms with Gasteiger partial charge in [0.25, 0.3) is 0 Å². The van der Waals surface area contributed by atoms with Crippen molar-refractivity contribution >= 4 is 18.6 Å². The molecule has 0 amide bonds. The van der Waals surface area contributed by atoms with Crippen molar-refractivity contribution in [2.24, 2.45) is 0 Å². The van der Waals surface area contributed by atoms with E-state index in [4.69, 9.17) is 4.52 Å². The number of esters is 1. The summed E-state index contributed by atoms with van der Waals surface area (Å²) in [6.45, 7) is 3.57. The van der Waals surface area contributed by atoms with E-state index in [0.717, 1.165) is 0 Å². The second-order valence-electron chi connectivity index (χ2n) is 3.90. The zero-order valence-electron chi connectivity index (χ0n) is 10.3. The summed E-state index contributed by atoms with van der Waals surface area (Å²) in [5.41, 5.74) is 0. The Morgan fingerprint density at radius 3 is 2.35 bits per heavy atom. The number of benzene rings is 1. The lowest BCUT2D eigenvalue weighted by atomic mass is 10.4. The molecule has 94 valence electrons. The maximum atomic E-state index is 12.7. The van der Waals surface area contributed by atoms with Crippen molar-refractivity contribution in [1.82, 2.24) is 0 Å². The Hall–Kier alpha value is -1.12. The molecule has 0 aliphatic heterocycles. The number of hydrogen-bond donors (Lipinski definition) is 0. The molecule has 0 N–H and O–H groups in total. The molecule has 0 radical (unpaired) electrons. The number of rotatable bonds is 5. The second-order valence-corrected chi connectivity index (χ2v) is 6.29. The van der Waals surface area contributed by atoms with Crippen LogP contribution in [0, 0.1) is 0 Å². The number of carbonyl (C=O) groups excluding carboxylic acids is 1. The maximum Gasteiger partial charge on any atom is 0.315 e. The Bertz CT molecular complexity index is 414. The molecule has 5 heteroatoms. The summed E-state index contributed by atoms with van der Waals surface area (Å²) in [7, 11) is -1.90. The minimum atomic E-state index is -3.18. The first-order chi connectivity index (χ1) is 7.98. The molecule has 1 atom stereocenters. The third-order valence-electron chi connectivity index (χ3n) is 2.10. The third-order valence-corrected chi connectivity index (χ3v) is 4.62. The van der Waals surface area contributed by atoms with E-state index in [1.165, 1.54) is 7.11 Å². The lowest BCUT2D eigenvalue weighted by Gasteiger charge is -2.20. The van der Waals surface area contributed by atoms with Gasteiger partial charge >= 0.3 is 5.97 Å². The fourth-order valence-corrected chi connectivity index (χ4v) is 3.57. The maximum absolute atomic E-state index is 12.7. The second kappa shape index (κ2) is 5.99. The summed E-state index contributed by atoms with van der Waals surface area (Å²) in [5.74, 6) is -0.530. The number of carbonyl (C=O) groups is 1. The van der Waals surface area contributed by atoms with E-state index in [0.29, 0.717) is 5.30 Å². The predicted molar refractivity (Wildman–Crippen MR) is 66.8 cm³/mol. The first kappa shape index (κ1) is 13.9. The van der Waals surface area contributed by atoms with E-state index in [2.05, 4.69) is 4.74 Å². The van der Waals surface area contributed by atoms with Gasteiger partial charge in [-0.1, -0.05) is 18.2 Å². The average Bonchev–Trinajstić information content (AvgIpc) is 2.29. The van der Waals surface area contributed by atoms with E-state index < -0.39 is 13.3 Å². The summed E-state index contributed by atoms with van der Waals surface area (Å²) in [4.78, 5) is 11.3. The highest BCUT2D eigenvalue weighted by molar-refractivity contribution is 7.67. The van der Waals surface area contributed by atoms with Gasteiger partial charge < -0.3 is 9.26 Å². The van der Waals surface area contributed by atoms with Crippen LogP contribution in [0.3, 0.4) is 0 Å². The molecule has 1 rings (SSSR count). The minimum Gasteiger partial charge on any atom is -0.469 e. The minimum absolute atomic E-state index is 0.217. The molecule has 4 nitrogen and oxygen atoms in total. The molecule has 0 saturated carbocycles. The van der Waals surface area contributed by atoms with Gasteiger partial charge in [-0.3, -0.25) is 9.36 Å². The third kappa shape index (κ3) is 3.99. The standard InChI is InChI=1S/C12H17O4P/c1-10(2)16-17(14,9-12(13)15-3)11-7-5-4-6-8-11/h4-8,10H,9H2,1-3H3. The van der Waals surface area contributed by atoms with E-state index in [1.54, 1.807) is 38.1 Å². The van der Waals surface area contributed by atoms with Crippen molar-refractivity contribution in [3.05, 3.63) is 30.3 Å². The van der Waals surface area contributed by atoms with Crippen LogP contribution >= 0.6 is 7.37 Å². The van der Waals surface area contributed by atoms with Gasteiger partial charge in [0.2, 0.25) is 7.37 Å². The lowest BCUT2D eigenvalue weighted by molar-refractivity contribution is -0.137. The number of methoxy groups -OCH3 is 1. The molecular formula is C12H17O4P. The van der Waals surface area contributed by atoms with E-state index in [-0.39, 0.29) is 12.3 Å². The molecule has 0 fully saturated rings. The van der Waals surface area contributed by atoms with Gasteiger partial charge in [0.1, 0.15) is 6.16 Å². The zero-order valence-corrected chi connectivity index (χ0v) is 11.1. The smallest absolute Gasteiger partial charge is 0.315 e. The van der Waals surface area contributed by atoms with Crippen LogP contribution in [0.15, 0.2) is 30.3 Å². The molecule has 0 aromatic heterocycles. The van der Waals surface area contributed by atoms with Crippen molar-refractivity contribution in [3.8, 4) is 0 Å². The SMILES string of the molecule is COC(=O)CP(=O)(OC(C)C)c1ccccc1. The Morgan fingerprint density at radius 2 is 1.88 bits per heavy atom. The van der Waals surface area contributed by atoms with Crippen LogP contribution in [0.25, 0.3) is 0 Å². The highest BCUT2D eigenvalue weighted by atomic mass is 31.2. The fraction of sp³-hybridized carbons (Fsp3) is 0.417. The Morgan fingerprint density at radius 1 is 1.29 bits per heavy atom. The van der Waals surface area contributed by atoms with Crippen molar-refractivity contribution in [3.63, 3.8) is 0 Å². The van der Waals surface area contributed by atoms with Crippen molar-refractivity contribution in [1.29, 1.82) is 0 Å². The molecular weight excluding hydrogens is 239 g/mol. The van der Waals surface area contributed by atoms with Crippen molar-refractivity contribution in [2.45, 2.75) is 20.0 Å². The van der Waals surface area contributed by atoms with Crippen LogP contribution in [0.2, 0.25) is 0 Å². The normalized spacial score (nSPS) is 14.4. The topological polar surface area (TPSA) is 52.6 Å². The zero-order chi connectivity index (χ0) is 12.9. The summed E-state index contributed by atoms with van der Waals surface area (Å²) in [6, 6.07) is 8.76. The Balaban J connectivity index is 3.02. The first-order valence-corrected chi connectivity index (χ1v) is 7.19. The van der Waals surface area contributed by atoms with E-state index >= 15 is 0 Å². The van der Waals surface area contributed by atoms with Gasteiger partial charge in [-0.05, 0) is 26.0 Å². The molecule has 17 heavy (non-hydrogen) atoms. The molecule has 0 spiro atoms. The van der Waals surface area contributed by atoms with Gasteiger partial charge in [0.05, 0.1) is 13.2 Å². The van der Waals surface area contributed by atoms with Gasteiger partial charge in [-0.25, -0.2) is 0 Å². The van der Waals surface area contributed by atoms with Gasteiger partial charge in [-0.2, -0.15) is 0 Å². The molecule has 0 saturated heterocycles. The first-order valence-electron chi connectivity index (χ1n) is 5.38. The van der Waals surface area contributed by atoms with Gasteiger partial charge in [0.15, 0.2) is 0 Å². The van der Waals surface area contributed by atoms with Crippen molar-refractivity contribution in [2.75, 3.05) is 13.3 Å².